The molecule has 0 radical (unpaired) electrons. The number of halogens is 1. The average molecular weight is 444 g/mol. The average Bonchev–Trinajstić information content (AvgIpc) is 2.75. The molecule has 0 aliphatic heterocycles. The predicted octanol–water partition coefficient (Wildman–Crippen LogP) is 5.53. The van der Waals surface area contributed by atoms with Gasteiger partial charge in [-0.1, -0.05) is 58.4 Å². The van der Waals surface area contributed by atoms with Crippen LogP contribution in [0.15, 0.2) is 104 Å². The Kier molecular flexibility index (Phi) is 4.18. The second kappa shape index (κ2) is 6.87. The Morgan fingerprint density at radius 1 is 0.759 bits per heavy atom. The smallest absolute Gasteiger partial charge is 0.266 e. The first kappa shape index (κ1) is 17.6. The highest BCUT2D eigenvalue weighted by Crippen LogP contribution is 2.27. The standard InChI is InChI=1S/C24H14BrNO3/c25-16-10-12-17(13-11-16)26-14-19-22(27)18-8-4-5-9-20(18)29-23(19)21(24(26)28)15-6-2-1-3-7-15/h1-14H. The maximum Gasteiger partial charge on any atom is 0.266 e. The van der Waals surface area contributed by atoms with Crippen molar-refractivity contribution in [1.29, 1.82) is 0 Å². The van der Waals surface area contributed by atoms with Gasteiger partial charge in [0.25, 0.3) is 5.56 Å². The summed E-state index contributed by atoms with van der Waals surface area (Å²) in [6.07, 6.45) is 1.58. The Labute approximate surface area is 173 Å². The van der Waals surface area contributed by atoms with Crippen molar-refractivity contribution in [3.05, 3.63) is 110 Å². The molecule has 0 aliphatic carbocycles. The van der Waals surface area contributed by atoms with Crippen LogP contribution in [0.1, 0.15) is 0 Å². The van der Waals surface area contributed by atoms with Crippen LogP contribution in [0, 0.1) is 0 Å². The second-order valence-corrected chi connectivity index (χ2v) is 7.61. The number of aromatic nitrogens is 1. The van der Waals surface area contributed by atoms with Crippen LogP contribution in [0.5, 0.6) is 0 Å². The predicted molar refractivity (Wildman–Crippen MR) is 119 cm³/mol. The van der Waals surface area contributed by atoms with Gasteiger partial charge in [-0.2, -0.15) is 0 Å². The van der Waals surface area contributed by atoms with Crippen molar-refractivity contribution in [1.82, 2.24) is 4.57 Å². The molecule has 0 amide bonds. The zero-order valence-electron chi connectivity index (χ0n) is 15.1. The van der Waals surface area contributed by atoms with Crippen molar-refractivity contribution in [2.45, 2.75) is 0 Å². The fraction of sp³-hybridized carbons (Fsp3) is 0. The number of hydrogen-bond acceptors (Lipinski definition) is 3. The van der Waals surface area contributed by atoms with Crippen LogP contribution in [0.2, 0.25) is 0 Å². The van der Waals surface area contributed by atoms with Crippen LogP contribution >= 0.6 is 15.9 Å². The summed E-state index contributed by atoms with van der Waals surface area (Å²) in [7, 11) is 0. The number of nitrogens with zero attached hydrogens (tertiary/aromatic N) is 1. The topological polar surface area (TPSA) is 52.2 Å². The zero-order valence-corrected chi connectivity index (χ0v) is 16.7. The highest BCUT2D eigenvalue weighted by atomic mass is 79.9. The lowest BCUT2D eigenvalue weighted by Gasteiger charge is -2.12. The van der Waals surface area contributed by atoms with Gasteiger partial charge >= 0.3 is 0 Å². The van der Waals surface area contributed by atoms with Crippen LogP contribution in [0.4, 0.5) is 0 Å². The normalized spacial score (nSPS) is 11.2. The molecule has 2 heterocycles. The van der Waals surface area contributed by atoms with Gasteiger partial charge in [-0.3, -0.25) is 14.2 Å². The van der Waals surface area contributed by atoms with E-state index in [1.165, 1.54) is 4.57 Å². The van der Waals surface area contributed by atoms with E-state index in [1.807, 2.05) is 60.7 Å². The first-order chi connectivity index (χ1) is 14.1. The van der Waals surface area contributed by atoms with E-state index in [0.29, 0.717) is 38.8 Å². The molecule has 0 spiro atoms. The molecule has 0 fully saturated rings. The molecule has 140 valence electrons. The fourth-order valence-corrected chi connectivity index (χ4v) is 3.78. The number of para-hydroxylation sites is 1. The lowest BCUT2D eigenvalue weighted by molar-refractivity contribution is 0.659. The van der Waals surface area contributed by atoms with Gasteiger partial charge in [-0.25, -0.2) is 0 Å². The highest BCUT2D eigenvalue weighted by Gasteiger charge is 2.18. The lowest BCUT2D eigenvalue weighted by Crippen LogP contribution is -2.22. The van der Waals surface area contributed by atoms with Crippen molar-refractivity contribution in [3.63, 3.8) is 0 Å². The van der Waals surface area contributed by atoms with Crippen LogP contribution in [0.25, 0.3) is 38.8 Å². The first-order valence-electron chi connectivity index (χ1n) is 9.06. The van der Waals surface area contributed by atoms with E-state index in [-0.39, 0.29) is 11.0 Å². The van der Waals surface area contributed by atoms with Gasteiger partial charge in [0.1, 0.15) is 5.58 Å². The first-order valence-corrected chi connectivity index (χ1v) is 9.85. The number of benzene rings is 3. The van der Waals surface area contributed by atoms with E-state index in [4.69, 9.17) is 4.42 Å². The largest absolute Gasteiger partial charge is 0.455 e. The molecule has 5 rings (SSSR count). The number of rotatable bonds is 2. The van der Waals surface area contributed by atoms with Gasteiger partial charge in [-0.05, 0) is 42.0 Å². The van der Waals surface area contributed by atoms with Gasteiger partial charge in [0, 0.05) is 16.4 Å². The second-order valence-electron chi connectivity index (χ2n) is 6.69. The Morgan fingerprint density at radius 3 is 2.21 bits per heavy atom. The third-order valence-corrected chi connectivity index (χ3v) is 5.45. The van der Waals surface area contributed by atoms with Gasteiger partial charge in [0.2, 0.25) is 5.43 Å². The molecule has 0 saturated heterocycles. The van der Waals surface area contributed by atoms with E-state index in [1.54, 1.807) is 24.4 Å². The maximum absolute atomic E-state index is 13.5. The molecule has 29 heavy (non-hydrogen) atoms. The summed E-state index contributed by atoms with van der Waals surface area (Å²) < 4.78 is 8.49. The van der Waals surface area contributed by atoms with Gasteiger partial charge in [0.15, 0.2) is 5.58 Å². The van der Waals surface area contributed by atoms with E-state index in [9.17, 15) is 9.59 Å². The Morgan fingerprint density at radius 2 is 1.45 bits per heavy atom. The van der Waals surface area contributed by atoms with E-state index < -0.39 is 0 Å². The molecular formula is C24H14BrNO3. The summed E-state index contributed by atoms with van der Waals surface area (Å²) in [5.41, 5.74) is 2.10. The van der Waals surface area contributed by atoms with Gasteiger partial charge < -0.3 is 4.42 Å². The van der Waals surface area contributed by atoms with Crippen molar-refractivity contribution in [2.24, 2.45) is 0 Å². The molecule has 4 nitrogen and oxygen atoms in total. The van der Waals surface area contributed by atoms with E-state index >= 15 is 0 Å². The molecule has 0 N–H and O–H groups in total. The molecule has 0 saturated carbocycles. The molecule has 3 aromatic carbocycles. The molecule has 0 bridgehead atoms. The summed E-state index contributed by atoms with van der Waals surface area (Å²) in [5.74, 6) is 0. The maximum atomic E-state index is 13.5. The zero-order chi connectivity index (χ0) is 20.0. The van der Waals surface area contributed by atoms with Crippen LogP contribution in [-0.4, -0.2) is 4.57 Å². The van der Waals surface area contributed by atoms with Crippen molar-refractivity contribution >= 4 is 37.9 Å². The van der Waals surface area contributed by atoms with Crippen LogP contribution < -0.4 is 11.0 Å². The minimum Gasteiger partial charge on any atom is -0.455 e. The molecule has 0 atom stereocenters. The van der Waals surface area contributed by atoms with Crippen LogP contribution in [0.3, 0.4) is 0 Å². The Hall–Kier alpha value is -3.44. The molecule has 0 unspecified atom stereocenters. The Balaban J connectivity index is 1.98. The van der Waals surface area contributed by atoms with Crippen LogP contribution in [-0.2, 0) is 0 Å². The summed E-state index contributed by atoms with van der Waals surface area (Å²) in [6.45, 7) is 0. The number of fused-ring (bicyclic) bond motifs is 2. The fourth-order valence-electron chi connectivity index (χ4n) is 3.52. The quantitative estimate of drug-likeness (QED) is 0.337. The SMILES string of the molecule is O=c1c2ccccc2oc2c(-c3ccccc3)c(=O)n(-c3ccc(Br)cc3)cc12. The molecule has 2 aromatic heterocycles. The summed E-state index contributed by atoms with van der Waals surface area (Å²) in [5, 5.41) is 0.852. The molecular weight excluding hydrogens is 430 g/mol. The summed E-state index contributed by atoms with van der Waals surface area (Å²) >= 11 is 3.41. The van der Waals surface area contributed by atoms with Gasteiger partial charge in [0.05, 0.1) is 16.3 Å². The summed E-state index contributed by atoms with van der Waals surface area (Å²) in [4.78, 5) is 26.7. The third kappa shape index (κ3) is 2.91. The van der Waals surface area contributed by atoms with Crippen molar-refractivity contribution in [3.8, 4) is 16.8 Å². The Bertz CT molecular complexity index is 1480. The van der Waals surface area contributed by atoms with Crippen molar-refractivity contribution in [2.75, 3.05) is 0 Å². The third-order valence-electron chi connectivity index (χ3n) is 4.92. The minimum absolute atomic E-state index is 0.162. The monoisotopic (exact) mass is 443 g/mol. The van der Waals surface area contributed by atoms with E-state index in [0.717, 1.165) is 4.47 Å². The minimum atomic E-state index is -0.246. The highest BCUT2D eigenvalue weighted by molar-refractivity contribution is 9.10. The number of hydrogen-bond donors (Lipinski definition) is 0. The number of pyridine rings is 1. The molecule has 5 heteroatoms. The van der Waals surface area contributed by atoms with Gasteiger partial charge in [-0.15, -0.1) is 0 Å². The molecule has 0 aliphatic rings. The van der Waals surface area contributed by atoms with E-state index in [2.05, 4.69) is 15.9 Å². The van der Waals surface area contributed by atoms with Crippen molar-refractivity contribution < 1.29 is 4.42 Å². The summed E-state index contributed by atoms with van der Waals surface area (Å²) in [6, 6.07) is 23.7. The lowest BCUT2D eigenvalue weighted by atomic mass is 10.0. The molecule has 5 aromatic rings.